The average molecular weight is 504 g/mol. The number of hydrogen-bond donors (Lipinski definition) is 1. The first kappa shape index (κ1) is 27.8. The van der Waals surface area contributed by atoms with E-state index in [2.05, 4.69) is 90.6 Å². The molecule has 1 unspecified atom stereocenters. The molecule has 0 bridgehead atoms. The molecular weight excluding hydrogens is 468 g/mol. The van der Waals surface area contributed by atoms with Crippen molar-refractivity contribution in [2.75, 3.05) is 4.90 Å². The van der Waals surface area contributed by atoms with Gasteiger partial charge in [0.1, 0.15) is 5.75 Å². The van der Waals surface area contributed by atoms with Crippen molar-refractivity contribution in [1.29, 1.82) is 0 Å². The molecule has 2 nitrogen and oxygen atoms in total. The van der Waals surface area contributed by atoms with E-state index in [1.807, 2.05) is 6.92 Å². The molecule has 0 spiro atoms. The Balaban J connectivity index is 0.00000141. The van der Waals surface area contributed by atoms with Gasteiger partial charge in [-0.15, -0.1) is 0 Å². The van der Waals surface area contributed by atoms with Crippen LogP contribution in [0.4, 0.5) is 5.69 Å². The summed E-state index contributed by atoms with van der Waals surface area (Å²) >= 11 is -0.556. The van der Waals surface area contributed by atoms with E-state index >= 15 is 0 Å². The quantitative estimate of drug-likeness (QED) is 0.353. The van der Waals surface area contributed by atoms with Gasteiger partial charge in [-0.2, -0.15) is 0 Å². The van der Waals surface area contributed by atoms with E-state index in [1.165, 1.54) is 22.1 Å². The summed E-state index contributed by atoms with van der Waals surface area (Å²) in [4.78, 5) is 2.48. The first-order chi connectivity index (χ1) is 13.8. The molecule has 0 amide bonds. The zero-order valence-corrected chi connectivity index (χ0v) is 23.8. The SMILES string of the molecule is Cc1cc(C(C)(C)C)cc(Pc2c(C)cccc2N(C(C)C)C(C)C)c1O.[Cl][Ti][Cl]. The van der Waals surface area contributed by atoms with Gasteiger partial charge in [0.2, 0.25) is 0 Å². The Bertz CT molecular complexity index is 827. The van der Waals surface area contributed by atoms with Gasteiger partial charge in [-0.05, 0) is 75.8 Å². The topological polar surface area (TPSA) is 23.5 Å². The van der Waals surface area contributed by atoms with E-state index in [9.17, 15) is 5.11 Å². The number of aryl methyl sites for hydroxylation is 2. The number of rotatable bonds is 5. The fourth-order valence-electron chi connectivity index (χ4n) is 3.63. The summed E-state index contributed by atoms with van der Waals surface area (Å²) in [5.41, 5.74) is 4.88. The molecule has 0 saturated heterocycles. The van der Waals surface area contributed by atoms with Crippen molar-refractivity contribution in [2.45, 2.75) is 79.8 Å². The average Bonchev–Trinajstić information content (AvgIpc) is 2.60. The van der Waals surface area contributed by atoms with Crippen LogP contribution < -0.4 is 15.5 Å². The maximum atomic E-state index is 10.8. The Morgan fingerprint density at radius 3 is 1.97 bits per heavy atom. The molecule has 30 heavy (non-hydrogen) atoms. The summed E-state index contributed by atoms with van der Waals surface area (Å²) in [6.45, 7) is 19.9. The number of hydrogen-bond acceptors (Lipinski definition) is 2. The van der Waals surface area contributed by atoms with Gasteiger partial charge in [0, 0.05) is 28.4 Å². The van der Waals surface area contributed by atoms with Gasteiger partial charge >= 0.3 is 35.6 Å². The number of anilines is 1. The van der Waals surface area contributed by atoms with E-state index < -0.39 is 17.0 Å². The molecule has 1 atom stereocenters. The number of aromatic hydroxyl groups is 1. The normalized spacial score (nSPS) is 11.8. The van der Waals surface area contributed by atoms with E-state index in [0.29, 0.717) is 26.4 Å². The minimum atomic E-state index is -0.556. The molecule has 2 aromatic carbocycles. The molecule has 0 aliphatic carbocycles. The minimum absolute atomic E-state index is 0.0636. The summed E-state index contributed by atoms with van der Waals surface area (Å²) < 4.78 is 0. The van der Waals surface area contributed by atoms with Crippen molar-refractivity contribution in [3.05, 3.63) is 47.0 Å². The molecule has 166 valence electrons. The van der Waals surface area contributed by atoms with Crippen molar-refractivity contribution in [1.82, 2.24) is 0 Å². The molecule has 2 rings (SSSR count). The Hall–Kier alpha value is -0.236. The third-order valence-corrected chi connectivity index (χ3v) is 6.62. The molecule has 0 saturated carbocycles. The van der Waals surface area contributed by atoms with Crippen LogP contribution >= 0.6 is 27.2 Å². The second kappa shape index (κ2) is 12.1. The van der Waals surface area contributed by atoms with Crippen LogP contribution in [0.15, 0.2) is 30.3 Å². The van der Waals surface area contributed by atoms with Gasteiger partial charge in [0.25, 0.3) is 0 Å². The predicted molar refractivity (Wildman–Crippen MR) is 135 cm³/mol. The number of halogens is 2. The van der Waals surface area contributed by atoms with Gasteiger partial charge in [0.15, 0.2) is 0 Å². The van der Waals surface area contributed by atoms with Gasteiger partial charge < -0.3 is 10.0 Å². The second-order valence-corrected chi connectivity index (χ2v) is 13.1. The maximum absolute atomic E-state index is 10.8. The van der Waals surface area contributed by atoms with Crippen LogP contribution in [0.3, 0.4) is 0 Å². The summed E-state index contributed by atoms with van der Waals surface area (Å²) in [6.07, 6.45) is 0. The summed E-state index contributed by atoms with van der Waals surface area (Å²) in [6, 6.07) is 11.7. The molecule has 0 aromatic heterocycles. The fraction of sp³-hybridized carbons (Fsp3) is 0.500. The second-order valence-electron chi connectivity index (χ2n) is 9.20. The summed E-state index contributed by atoms with van der Waals surface area (Å²) in [5, 5.41) is 13.2. The summed E-state index contributed by atoms with van der Waals surface area (Å²) in [5.74, 6) is 0.441. The number of benzene rings is 2. The van der Waals surface area contributed by atoms with Crippen LogP contribution in [0.5, 0.6) is 5.75 Å². The van der Waals surface area contributed by atoms with Crippen LogP contribution in [0, 0.1) is 13.8 Å². The Morgan fingerprint density at radius 2 is 1.50 bits per heavy atom. The fourth-order valence-corrected chi connectivity index (χ4v) is 5.06. The van der Waals surface area contributed by atoms with Gasteiger partial charge in [-0.3, -0.25) is 0 Å². The van der Waals surface area contributed by atoms with Gasteiger partial charge in [-0.1, -0.05) is 47.6 Å². The molecule has 2 aromatic rings. The molecule has 0 heterocycles. The van der Waals surface area contributed by atoms with Crippen molar-refractivity contribution in [3.63, 3.8) is 0 Å². The number of nitrogens with zero attached hydrogens (tertiary/aromatic N) is 1. The molecule has 0 aliphatic rings. The van der Waals surface area contributed by atoms with Gasteiger partial charge in [-0.25, -0.2) is 0 Å². The predicted octanol–water partition coefficient (Wildman–Crippen LogP) is 6.94. The van der Waals surface area contributed by atoms with Crippen molar-refractivity contribution in [2.24, 2.45) is 0 Å². The van der Waals surface area contributed by atoms with E-state index in [4.69, 9.17) is 18.6 Å². The van der Waals surface area contributed by atoms with Gasteiger partial charge in [0.05, 0.1) is 0 Å². The van der Waals surface area contributed by atoms with E-state index in [1.54, 1.807) is 0 Å². The molecule has 0 fully saturated rings. The molecule has 1 N–H and O–H groups in total. The zero-order chi connectivity index (χ0) is 23.2. The molecule has 0 aliphatic heterocycles. The van der Waals surface area contributed by atoms with Crippen molar-refractivity contribution >= 4 is 43.5 Å². The first-order valence-electron chi connectivity index (χ1n) is 10.3. The number of phenolic OH excluding ortho intramolecular Hbond substituents is 1. The van der Waals surface area contributed by atoms with Crippen LogP contribution in [-0.2, 0) is 22.4 Å². The molecule has 0 radical (unpaired) electrons. The molecular formula is C24H36Cl2NOPTi. The monoisotopic (exact) mass is 503 g/mol. The van der Waals surface area contributed by atoms with Crippen LogP contribution in [-0.4, -0.2) is 17.2 Å². The summed E-state index contributed by atoms with van der Waals surface area (Å²) in [7, 11) is 10.2. The third-order valence-electron chi connectivity index (χ3n) is 5.07. The van der Waals surface area contributed by atoms with Crippen LogP contribution in [0.25, 0.3) is 0 Å². The van der Waals surface area contributed by atoms with E-state index in [-0.39, 0.29) is 5.41 Å². The molecule has 6 heteroatoms. The Labute approximate surface area is 202 Å². The zero-order valence-electron chi connectivity index (χ0n) is 19.7. The Morgan fingerprint density at radius 1 is 0.967 bits per heavy atom. The number of phenols is 1. The van der Waals surface area contributed by atoms with Crippen LogP contribution in [0.2, 0.25) is 0 Å². The van der Waals surface area contributed by atoms with Crippen LogP contribution in [0.1, 0.15) is 65.2 Å². The van der Waals surface area contributed by atoms with Crippen molar-refractivity contribution in [3.8, 4) is 5.75 Å². The van der Waals surface area contributed by atoms with E-state index in [0.717, 1.165) is 10.9 Å². The standard InChI is InChI=1S/C24H36NOP.2ClH.Ti/c1-15(2)25(16(3)4)20-12-10-11-17(5)23(20)27-21-14-19(24(7,8)9)13-18(6)22(21)26;;;/h10-16,26-27H,1-9H3;2*1H;/q;;;+2/p-2. The first-order valence-corrected chi connectivity index (χ1v) is 15.6. The Kier molecular flexibility index (Phi) is 11.2. The van der Waals surface area contributed by atoms with Crippen molar-refractivity contribution < 1.29 is 22.1 Å². The third kappa shape index (κ3) is 7.42.